The summed E-state index contributed by atoms with van der Waals surface area (Å²) in [5.41, 5.74) is 30.4. The third-order valence-electron chi connectivity index (χ3n) is 12.6. The molecule has 3 heterocycles. The van der Waals surface area contributed by atoms with Crippen LogP contribution in [0.1, 0.15) is 75.1 Å². The average molecular weight is 1070 g/mol. The zero-order chi connectivity index (χ0) is 55.9. The molecule has 0 radical (unpaired) electrons. The number of fused-ring (bicyclic) bond motifs is 1. The SMILES string of the molecule is CC(=O)N[C@H](CCCN=C(N)N)C(=O)N[C@H]1CCCNC(=O)CC[C@@H](C(N)=O)NC(=O)[C@H](Cc2c[nH]c3ccccc23)NC(=O)[C@H](CCCN=C(N)N)NC(=O)[C@@H](Cc2ccccc2)NC(O)[C@H](Cc2cnc[nH]2)NC1=O. The van der Waals surface area contributed by atoms with E-state index in [4.69, 9.17) is 28.7 Å². The number of benzene rings is 2. The number of aliphatic hydroxyl groups is 1. The van der Waals surface area contributed by atoms with Crippen LogP contribution < -0.4 is 71.2 Å². The number of imidazole rings is 1. The molecule has 0 bridgehead atoms. The third kappa shape index (κ3) is 19.9. The highest BCUT2D eigenvalue weighted by Gasteiger charge is 2.35. The van der Waals surface area contributed by atoms with Crippen LogP contribution >= 0.6 is 0 Å². The Hall–Kier alpha value is -8.59. The molecule has 0 aliphatic carbocycles. The molecule has 8 amide bonds. The van der Waals surface area contributed by atoms with Crippen LogP contribution in [-0.2, 0) is 57.6 Å². The number of aromatic nitrogens is 3. The van der Waals surface area contributed by atoms with Gasteiger partial charge in [-0.1, -0.05) is 48.5 Å². The molecule has 2 aromatic heterocycles. The third-order valence-corrected chi connectivity index (χ3v) is 12.6. The molecule has 2 aromatic carbocycles. The molecule has 1 fully saturated rings. The molecule has 0 spiro atoms. The fourth-order valence-corrected chi connectivity index (χ4v) is 8.62. The first-order chi connectivity index (χ1) is 36.9. The average Bonchev–Trinajstić information content (AvgIpc) is 4.07. The standard InChI is InChI=1S/C50H72N18O9/c1-28(69)62-35(14-8-20-58-49(52)53)43(72)64-36-15-7-19-57-41(70)18-17-34(42(51)71)63-47(76)39(23-30-25-60-33-13-6-5-12-32(30)33)67-44(73)37(16-9-21-59-50(54)55)65-46(75)38(22-29-10-3-2-4-11-29)66-48(77)40(68-45(36)74)24-31-26-56-27-61-31/h2-6,10-13,25-27,34-40,48,60,66,77H,7-9,14-24H2,1H3,(H2,51,71)(H,56,61)(H,57,70)(H,62,69)(H,63,76)(H,64,72)(H,65,75)(H,67,73)(H,68,74)(H4,52,53,58)(H4,54,55,59)/t34-,35+,36-,37-,38+,39-,40-,48?/m0/s1. The van der Waals surface area contributed by atoms with Gasteiger partial charge in [0, 0.05) is 74.8 Å². The van der Waals surface area contributed by atoms with Crippen LogP contribution in [0.5, 0.6) is 0 Å². The first-order valence-corrected chi connectivity index (χ1v) is 25.3. The number of hydrogen-bond acceptors (Lipinski definition) is 13. The molecule has 1 saturated heterocycles. The second-order valence-electron chi connectivity index (χ2n) is 18.6. The van der Waals surface area contributed by atoms with Gasteiger partial charge in [-0.3, -0.25) is 53.7 Å². The highest BCUT2D eigenvalue weighted by atomic mass is 16.3. The summed E-state index contributed by atoms with van der Waals surface area (Å²) in [7, 11) is 0. The molecule has 1 aliphatic heterocycles. The number of carbonyl (C=O) groups is 8. The number of aliphatic imine (C=N–C) groups is 2. The summed E-state index contributed by atoms with van der Waals surface area (Å²) in [6, 6.07) is 6.99. The number of guanidine groups is 2. The van der Waals surface area contributed by atoms with Gasteiger partial charge in [0.15, 0.2) is 11.9 Å². The molecule has 1 unspecified atom stereocenters. The van der Waals surface area contributed by atoms with Crippen molar-refractivity contribution in [1.82, 2.24) is 57.5 Å². The minimum Gasteiger partial charge on any atom is -0.376 e. The number of nitrogens with one attached hydrogen (secondary N) is 10. The zero-order valence-electron chi connectivity index (χ0n) is 42.9. The molecule has 27 nitrogen and oxygen atoms in total. The van der Waals surface area contributed by atoms with E-state index in [-0.39, 0.29) is 102 Å². The Balaban J connectivity index is 1.54. The molecule has 1 aliphatic rings. The lowest BCUT2D eigenvalue weighted by Crippen LogP contribution is -2.62. The number of rotatable bonds is 18. The van der Waals surface area contributed by atoms with E-state index in [0.717, 1.165) is 10.9 Å². The quantitative estimate of drug-likeness (QED) is 0.0260. The Labute approximate surface area is 444 Å². The summed E-state index contributed by atoms with van der Waals surface area (Å²) in [6.45, 7) is 1.40. The number of primary amides is 1. The number of H-pyrrole nitrogens is 2. The van der Waals surface area contributed by atoms with Gasteiger partial charge in [-0.15, -0.1) is 0 Å². The van der Waals surface area contributed by atoms with Crippen LogP contribution in [0.3, 0.4) is 0 Å². The number of nitrogens with zero attached hydrogens (tertiary/aromatic N) is 3. The number of carbonyl (C=O) groups excluding carboxylic acids is 8. The lowest BCUT2D eigenvalue weighted by molar-refractivity contribution is -0.134. The molecule has 4 aromatic rings. The number of hydrogen-bond donors (Lipinski definition) is 16. The molecule has 21 N–H and O–H groups in total. The Morgan fingerprint density at radius 1 is 0.766 bits per heavy atom. The van der Waals surface area contributed by atoms with E-state index in [1.807, 2.05) is 24.3 Å². The summed E-state index contributed by atoms with van der Waals surface area (Å²) in [6.07, 6.45) is 2.58. The Morgan fingerprint density at radius 3 is 2.13 bits per heavy atom. The first kappa shape index (κ1) is 59.3. The van der Waals surface area contributed by atoms with Crippen molar-refractivity contribution in [2.24, 2.45) is 38.7 Å². The van der Waals surface area contributed by atoms with Crippen molar-refractivity contribution in [3.63, 3.8) is 0 Å². The Kier molecular flexibility index (Phi) is 23.2. The lowest BCUT2D eigenvalue weighted by Gasteiger charge is -2.31. The first-order valence-electron chi connectivity index (χ1n) is 25.3. The second-order valence-corrected chi connectivity index (χ2v) is 18.6. The number of para-hydroxylation sites is 1. The Bertz CT molecular complexity index is 2670. The fraction of sp³-hybridized carbons (Fsp3) is 0.460. The van der Waals surface area contributed by atoms with Crippen LogP contribution in [0, 0.1) is 0 Å². The molecule has 27 heteroatoms. The monoisotopic (exact) mass is 1070 g/mol. The van der Waals surface area contributed by atoms with Crippen LogP contribution in [0.15, 0.2) is 83.3 Å². The minimum atomic E-state index is -1.71. The van der Waals surface area contributed by atoms with E-state index in [1.54, 1.807) is 36.5 Å². The topological polar surface area (TPSA) is 452 Å². The van der Waals surface area contributed by atoms with Crippen LogP contribution in [0.4, 0.5) is 0 Å². The summed E-state index contributed by atoms with van der Waals surface area (Å²) in [5.74, 6) is -6.28. The second kappa shape index (κ2) is 30.1. The summed E-state index contributed by atoms with van der Waals surface area (Å²) < 4.78 is 0. The van der Waals surface area contributed by atoms with Crippen LogP contribution in [-0.4, -0.2) is 147 Å². The number of amides is 8. The van der Waals surface area contributed by atoms with Gasteiger partial charge >= 0.3 is 0 Å². The predicted molar refractivity (Wildman–Crippen MR) is 285 cm³/mol. The normalized spacial score (nSPS) is 21.9. The van der Waals surface area contributed by atoms with Gasteiger partial charge < -0.3 is 81.0 Å². The van der Waals surface area contributed by atoms with Crippen molar-refractivity contribution in [3.05, 3.63) is 90.1 Å². The highest BCUT2D eigenvalue weighted by molar-refractivity contribution is 5.96. The van der Waals surface area contributed by atoms with E-state index in [1.165, 1.54) is 19.4 Å². The molecular formula is C50H72N18O9. The molecule has 5 rings (SSSR count). The van der Waals surface area contributed by atoms with Crippen molar-refractivity contribution in [1.29, 1.82) is 0 Å². The highest BCUT2D eigenvalue weighted by Crippen LogP contribution is 2.20. The number of aromatic amines is 2. The molecule has 416 valence electrons. The molecule has 77 heavy (non-hydrogen) atoms. The van der Waals surface area contributed by atoms with E-state index in [2.05, 4.69) is 67.5 Å². The predicted octanol–water partition coefficient (Wildman–Crippen LogP) is -3.59. The minimum absolute atomic E-state index is 0.0242. The van der Waals surface area contributed by atoms with E-state index >= 15 is 0 Å². The Morgan fingerprint density at radius 2 is 1.44 bits per heavy atom. The van der Waals surface area contributed by atoms with Gasteiger partial charge in [0.2, 0.25) is 47.3 Å². The molecule has 8 atom stereocenters. The van der Waals surface area contributed by atoms with Crippen molar-refractivity contribution in [2.45, 2.75) is 126 Å². The largest absolute Gasteiger partial charge is 0.376 e. The fourth-order valence-electron chi connectivity index (χ4n) is 8.62. The summed E-state index contributed by atoms with van der Waals surface area (Å²) in [5, 5.41) is 34.9. The van der Waals surface area contributed by atoms with Gasteiger partial charge in [-0.2, -0.15) is 0 Å². The van der Waals surface area contributed by atoms with Crippen molar-refractivity contribution >= 4 is 70.1 Å². The summed E-state index contributed by atoms with van der Waals surface area (Å²) in [4.78, 5) is 129. The van der Waals surface area contributed by atoms with Crippen molar-refractivity contribution in [2.75, 3.05) is 19.6 Å². The van der Waals surface area contributed by atoms with Gasteiger partial charge in [0.25, 0.3) is 0 Å². The van der Waals surface area contributed by atoms with Crippen molar-refractivity contribution in [3.8, 4) is 0 Å². The maximum absolute atomic E-state index is 14.8. The van der Waals surface area contributed by atoms with Gasteiger partial charge in [-0.05, 0) is 68.6 Å². The van der Waals surface area contributed by atoms with Crippen LogP contribution in [0.25, 0.3) is 10.9 Å². The smallest absolute Gasteiger partial charge is 0.243 e. The van der Waals surface area contributed by atoms with Gasteiger partial charge in [-0.25, -0.2) is 4.98 Å². The van der Waals surface area contributed by atoms with Crippen molar-refractivity contribution < 1.29 is 43.5 Å². The molecule has 0 saturated carbocycles. The van der Waals surface area contributed by atoms with E-state index in [0.29, 0.717) is 16.8 Å². The lowest BCUT2D eigenvalue weighted by atomic mass is 10.0. The van der Waals surface area contributed by atoms with E-state index in [9.17, 15) is 43.5 Å². The summed E-state index contributed by atoms with van der Waals surface area (Å²) >= 11 is 0. The van der Waals surface area contributed by atoms with E-state index < -0.39 is 95.8 Å². The zero-order valence-corrected chi connectivity index (χ0v) is 42.9. The maximum Gasteiger partial charge on any atom is 0.243 e. The van der Waals surface area contributed by atoms with Gasteiger partial charge in [0.1, 0.15) is 36.4 Å². The number of nitrogens with two attached hydrogens (primary N) is 5. The number of aliphatic hydroxyl groups excluding tert-OH is 1. The van der Waals surface area contributed by atoms with Crippen LogP contribution in [0.2, 0.25) is 0 Å². The van der Waals surface area contributed by atoms with Gasteiger partial charge in [0.05, 0.1) is 18.4 Å². The molecular weight excluding hydrogens is 997 g/mol. The maximum atomic E-state index is 14.8.